The minimum atomic E-state index is -0.478. The van der Waals surface area contributed by atoms with Gasteiger partial charge in [-0.25, -0.2) is 4.79 Å². The second kappa shape index (κ2) is 9.27. The van der Waals surface area contributed by atoms with Crippen molar-refractivity contribution in [1.82, 2.24) is 0 Å². The molecular weight excluding hydrogens is 308 g/mol. The molecule has 124 valence electrons. The zero-order chi connectivity index (χ0) is 16.0. The topological polar surface area (TPSA) is 90.6 Å². The summed E-state index contributed by atoms with van der Waals surface area (Å²) in [6.45, 7) is 5.72. The van der Waals surface area contributed by atoms with Crippen LogP contribution < -0.4 is 15.8 Å². The van der Waals surface area contributed by atoms with Gasteiger partial charge in [-0.3, -0.25) is 4.79 Å². The lowest BCUT2D eigenvalue weighted by molar-refractivity contribution is -0.119. The first-order valence-electron chi connectivity index (χ1n) is 6.79. The van der Waals surface area contributed by atoms with Gasteiger partial charge in [0.15, 0.2) is 0 Å². The van der Waals surface area contributed by atoms with E-state index >= 15 is 0 Å². The van der Waals surface area contributed by atoms with Crippen LogP contribution in [0.4, 0.5) is 5.69 Å². The maximum atomic E-state index is 12.0. The fourth-order valence-electron chi connectivity index (χ4n) is 1.59. The molecule has 1 aromatic carbocycles. The van der Waals surface area contributed by atoms with E-state index in [1.54, 1.807) is 19.1 Å². The standard InChI is InChI=1S/C15H22N2O4.ClH/c1-9(2)21-13-6-5-11(15(19)20-4)7-12(13)17-14(18)10(3)8-16;/h5-7,9-10H,8,16H2,1-4H3,(H,17,18);1H. The van der Waals surface area contributed by atoms with Crippen LogP contribution in [0.3, 0.4) is 0 Å². The number of anilines is 1. The fourth-order valence-corrected chi connectivity index (χ4v) is 1.59. The third kappa shape index (κ3) is 5.54. The van der Waals surface area contributed by atoms with Gasteiger partial charge in [0.1, 0.15) is 5.75 Å². The Morgan fingerprint density at radius 2 is 1.91 bits per heavy atom. The Bertz CT molecular complexity index is 520. The Morgan fingerprint density at radius 3 is 2.41 bits per heavy atom. The number of halogens is 1. The molecule has 0 bridgehead atoms. The number of hydrogen-bond acceptors (Lipinski definition) is 5. The molecule has 0 saturated heterocycles. The molecule has 0 aromatic heterocycles. The van der Waals surface area contributed by atoms with Crippen molar-refractivity contribution in [3.63, 3.8) is 0 Å². The van der Waals surface area contributed by atoms with Gasteiger partial charge in [0.05, 0.1) is 24.5 Å². The Hall–Kier alpha value is -1.79. The molecule has 0 aliphatic heterocycles. The van der Waals surface area contributed by atoms with Crippen molar-refractivity contribution in [3.05, 3.63) is 23.8 Å². The largest absolute Gasteiger partial charge is 0.489 e. The summed E-state index contributed by atoms with van der Waals surface area (Å²) in [5.74, 6) is -0.546. The van der Waals surface area contributed by atoms with Crippen LogP contribution in [0.15, 0.2) is 18.2 Å². The Balaban J connectivity index is 0.00000441. The number of nitrogens with two attached hydrogens (primary N) is 1. The molecule has 0 fully saturated rings. The third-order valence-electron chi connectivity index (χ3n) is 2.82. The quantitative estimate of drug-likeness (QED) is 0.780. The van der Waals surface area contributed by atoms with Crippen molar-refractivity contribution < 1.29 is 19.1 Å². The predicted octanol–water partition coefficient (Wildman–Crippen LogP) is 2.22. The highest BCUT2D eigenvalue weighted by molar-refractivity contribution is 5.97. The molecule has 1 unspecified atom stereocenters. The van der Waals surface area contributed by atoms with E-state index in [1.807, 2.05) is 13.8 Å². The van der Waals surface area contributed by atoms with Crippen LogP contribution in [0.25, 0.3) is 0 Å². The molecule has 6 nitrogen and oxygen atoms in total. The zero-order valence-corrected chi connectivity index (χ0v) is 14.0. The highest BCUT2D eigenvalue weighted by atomic mass is 35.5. The van der Waals surface area contributed by atoms with E-state index in [0.717, 1.165) is 0 Å². The average molecular weight is 331 g/mol. The van der Waals surface area contributed by atoms with E-state index in [4.69, 9.17) is 10.5 Å². The first kappa shape index (κ1) is 20.2. The number of ether oxygens (including phenoxy) is 2. The highest BCUT2D eigenvalue weighted by Crippen LogP contribution is 2.27. The Morgan fingerprint density at radius 1 is 1.27 bits per heavy atom. The molecule has 0 radical (unpaired) electrons. The smallest absolute Gasteiger partial charge is 0.337 e. The Kier molecular flexibility index (Phi) is 8.52. The van der Waals surface area contributed by atoms with E-state index in [1.165, 1.54) is 13.2 Å². The van der Waals surface area contributed by atoms with Crippen LogP contribution in [0.5, 0.6) is 5.75 Å². The van der Waals surface area contributed by atoms with Crippen molar-refractivity contribution in [2.24, 2.45) is 11.7 Å². The number of rotatable bonds is 6. The van der Waals surface area contributed by atoms with Crippen molar-refractivity contribution >= 4 is 30.0 Å². The Labute approximate surface area is 136 Å². The van der Waals surface area contributed by atoms with Crippen LogP contribution in [0.1, 0.15) is 31.1 Å². The summed E-state index contributed by atoms with van der Waals surface area (Å²) in [6, 6.07) is 4.76. The molecule has 0 aliphatic rings. The van der Waals surface area contributed by atoms with E-state index in [2.05, 4.69) is 10.1 Å². The molecule has 1 atom stereocenters. The van der Waals surface area contributed by atoms with Crippen molar-refractivity contribution in [2.45, 2.75) is 26.9 Å². The molecule has 1 rings (SSSR count). The summed E-state index contributed by atoms with van der Waals surface area (Å²) in [5.41, 5.74) is 6.24. The van der Waals surface area contributed by atoms with Crippen molar-refractivity contribution in [1.29, 1.82) is 0 Å². The summed E-state index contributed by atoms with van der Waals surface area (Å²) >= 11 is 0. The van der Waals surface area contributed by atoms with Gasteiger partial charge in [-0.2, -0.15) is 0 Å². The molecule has 7 heteroatoms. The average Bonchev–Trinajstić information content (AvgIpc) is 2.46. The maximum absolute atomic E-state index is 12.0. The molecule has 1 aromatic rings. The van der Waals surface area contributed by atoms with Gasteiger partial charge in [-0.1, -0.05) is 6.92 Å². The summed E-state index contributed by atoms with van der Waals surface area (Å²) in [7, 11) is 1.30. The van der Waals surface area contributed by atoms with Crippen LogP contribution in [0.2, 0.25) is 0 Å². The maximum Gasteiger partial charge on any atom is 0.337 e. The number of carbonyl (C=O) groups is 2. The monoisotopic (exact) mass is 330 g/mol. The molecule has 0 spiro atoms. The molecule has 0 saturated carbocycles. The minimum Gasteiger partial charge on any atom is -0.489 e. The second-order valence-electron chi connectivity index (χ2n) is 5.00. The number of carbonyl (C=O) groups excluding carboxylic acids is 2. The van der Waals surface area contributed by atoms with Crippen molar-refractivity contribution in [2.75, 3.05) is 19.0 Å². The summed E-state index contributed by atoms with van der Waals surface area (Å²) < 4.78 is 10.3. The first-order chi connectivity index (χ1) is 9.88. The van der Waals surface area contributed by atoms with E-state index in [-0.39, 0.29) is 36.9 Å². The van der Waals surface area contributed by atoms with Gasteiger partial charge in [0.2, 0.25) is 5.91 Å². The van der Waals surface area contributed by atoms with Gasteiger partial charge in [0, 0.05) is 12.5 Å². The predicted molar refractivity (Wildman–Crippen MR) is 87.6 cm³/mol. The molecule has 0 aliphatic carbocycles. The van der Waals surface area contributed by atoms with Gasteiger partial charge < -0.3 is 20.5 Å². The van der Waals surface area contributed by atoms with Crippen LogP contribution in [0, 0.1) is 5.92 Å². The van der Waals surface area contributed by atoms with Crippen molar-refractivity contribution in [3.8, 4) is 5.75 Å². The van der Waals surface area contributed by atoms with E-state index < -0.39 is 5.97 Å². The lowest BCUT2D eigenvalue weighted by Gasteiger charge is -2.17. The normalized spacial score (nSPS) is 11.4. The van der Waals surface area contributed by atoms with Crippen LogP contribution >= 0.6 is 12.4 Å². The zero-order valence-electron chi connectivity index (χ0n) is 13.2. The first-order valence-corrected chi connectivity index (χ1v) is 6.79. The second-order valence-corrected chi connectivity index (χ2v) is 5.00. The SMILES string of the molecule is COC(=O)c1ccc(OC(C)C)c(NC(=O)C(C)CN)c1.Cl. The number of esters is 1. The molecule has 0 heterocycles. The van der Waals surface area contributed by atoms with E-state index in [0.29, 0.717) is 17.0 Å². The lowest BCUT2D eigenvalue weighted by Crippen LogP contribution is -2.27. The van der Waals surface area contributed by atoms with Crippen LogP contribution in [-0.4, -0.2) is 31.6 Å². The summed E-state index contributed by atoms with van der Waals surface area (Å²) in [4.78, 5) is 23.5. The number of benzene rings is 1. The molecular formula is C15H23ClN2O4. The third-order valence-corrected chi connectivity index (χ3v) is 2.82. The van der Waals surface area contributed by atoms with Gasteiger partial charge in [-0.05, 0) is 32.0 Å². The number of methoxy groups -OCH3 is 1. The van der Waals surface area contributed by atoms with Crippen LogP contribution in [-0.2, 0) is 9.53 Å². The molecule has 1 amide bonds. The highest BCUT2D eigenvalue weighted by Gasteiger charge is 2.16. The minimum absolute atomic E-state index is 0. The van der Waals surface area contributed by atoms with Gasteiger partial charge >= 0.3 is 5.97 Å². The lowest BCUT2D eigenvalue weighted by atomic mass is 10.1. The van der Waals surface area contributed by atoms with E-state index in [9.17, 15) is 9.59 Å². The fraction of sp³-hybridized carbons (Fsp3) is 0.467. The summed E-state index contributed by atoms with van der Waals surface area (Å²) in [6.07, 6.45) is -0.0587. The summed E-state index contributed by atoms with van der Waals surface area (Å²) in [5, 5.41) is 2.73. The number of hydrogen-bond donors (Lipinski definition) is 2. The number of nitrogens with one attached hydrogen (secondary N) is 1. The molecule has 22 heavy (non-hydrogen) atoms. The molecule has 3 N–H and O–H groups in total. The van der Waals surface area contributed by atoms with Gasteiger partial charge in [-0.15, -0.1) is 12.4 Å². The van der Waals surface area contributed by atoms with Gasteiger partial charge in [0.25, 0.3) is 0 Å². The number of amides is 1.